The summed E-state index contributed by atoms with van der Waals surface area (Å²) in [6.07, 6.45) is -4.63. The molecule has 2 rings (SSSR count). The number of carbonyl (C=O) groups is 3. The molecule has 1 saturated carbocycles. The molecule has 1 aliphatic carbocycles. The Kier molecular flexibility index (Phi) is 3.95. The number of rotatable bonds is 1. The molecule has 1 aliphatic heterocycles. The largest absolute Gasteiger partial charge is 0.490 e. The number of hydrogen-bond donors (Lipinski definition) is 3. The number of carboxylic acids is 2. The highest BCUT2D eigenvalue weighted by molar-refractivity contribution is 5.91. The predicted molar refractivity (Wildman–Crippen MR) is 49.7 cm³/mol. The van der Waals surface area contributed by atoms with Crippen molar-refractivity contribution in [2.45, 2.75) is 18.6 Å². The van der Waals surface area contributed by atoms with Crippen LogP contribution in [0.25, 0.3) is 0 Å². The molecule has 0 aromatic heterocycles. The summed E-state index contributed by atoms with van der Waals surface area (Å²) in [7, 11) is 0. The first-order valence-corrected chi connectivity index (χ1v) is 4.93. The summed E-state index contributed by atoms with van der Waals surface area (Å²) in [6.45, 7) is 0.556. The number of halogens is 3. The molecular formula is C9H10F3NO5. The van der Waals surface area contributed by atoms with Crippen molar-refractivity contribution in [3.05, 3.63) is 0 Å². The number of ketones is 1. The number of carboxylic acid groups (broad SMARTS) is 2. The number of hydrogen-bond acceptors (Lipinski definition) is 4. The van der Waals surface area contributed by atoms with Gasteiger partial charge in [0.15, 0.2) is 0 Å². The van der Waals surface area contributed by atoms with Crippen molar-refractivity contribution in [2.24, 2.45) is 11.8 Å². The first-order valence-electron chi connectivity index (χ1n) is 4.93. The van der Waals surface area contributed by atoms with Crippen molar-refractivity contribution in [2.75, 3.05) is 6.54 Å². The lowest BCUT2D eigenvalue weighted by Gasteiger charge is -2.29. The van der Waals surface area contributed by atoms with Gasteiger partial charge in [0.1, 0.15) is 11.8 Å². The molecular weight excluding hydrogens is 259 g/mol. The maximum Gasteiger partial charge on any atom is 0.490 e. The van der Waals surface area contributed by atoms with Gasteiger partial charge in [-0.3, -0.25) is 9.59 Å². The molecule has 3 atom stereocenters. The van der Waals surface area contributed by atoms with Gasteiger partial charge in [0, 0.05) is 24.8 Å². The second kappa shape index (κ2) is 4.92. The van der Waals surface area contributed by atoms with Crippen LogP contribution >= 0.6 is 0 Å². The maximum atomic E-state index is 10.8. The van der Waals surface area contributed by atoms with Gasteiger partial charge in [-0.05, 0) is 0 Å². The monoisotopic (exact) mass is 269 g/mol. The Bertz CT molecular complexity index is 381. The average Bonchev–Trinajstić information content (AvgIpc) is 2.54. The first-order chi connectivity index (χ1) is 8.14. The van der Waals surface area contributed by atoms with Gasteiger partial charge in [-0.25, -0.2) is 4.79 Å². The number of carbonyl (C=O) groups excluding carboxylic acids is 1. The molecule has 0 amide bonds. The molecule has 1 heterocycles. The normalized spacial score (nSPS) is 29.7. The molecule has 0 aromatic rings. The molecule has 102 valence electrons. The van der Waals surface area contributed by atoms with Crippen LogP contribution in [0.15, 0.2) is 0 Å². The van der Waals surface area contributed by atoms with Crippen LogP contribution in [0.3, 0.4) is 0 Å². The minimum absolute atomic E-state index is 0.00361. The molecule has 3 N–H and O–H groups in total. The Morgan fingerprint density at radius 1 is 1.28 bits per heavy atom. The molecule has 2 fully saturated rings. The van der Waals surface area contributed by atoms with Gasteiger partial charge in [-0.2, -0.15) is 13.2 Å². The third-order valence-electron chi connectivity index (χ3n) is 2.86. The van der Waals surface area contributed by atoms with Crippen molar-refractivity contribution in [3.8, 4) is 0 Å². The topological polar surface area (TPSA) is 104 Å². The fraction of sp³-hybridized carbons (Fsp3) is 0.667. The van der Waals surface area contributed by atoms with Gasteiger partial charge < -0.3 is 15.5 Å². The van der Waals surface area contributed by atoms with Crippen molar-refractivity contribution in [1.29, 1.82) is 0 Å². The molecule has 18 heavy (non-hydrogen) atoms. The van der Waals surface area contributed by atoms with Crippen LogP contribution in [0.5, 0.6) is 0 Å². The van der Waals surface area contributed by atoms with E-state index in [9.17, 15) is 22.8 Å². The van der Waals surface area contributed by atoms with E-state index in [2.05, 4.69) is 5.32 Å². The summed E-state index contributed by atoms with van der Waals surface area (Å²) >= 11 is 0. The lowest BCUT2D eigenvalue weighted by molar-refractivity contribution is -0.192. The van der Waals surface area contributed by atoms with E-state index in [1.54, 1.807) is 0 Å². The molecule has 0 spiro atoms. The first kappa shape index (κ1) is 14.4. The summed E-state index contributed by atoms with van der Waals surface area (Å²) < 4.78 is 31.7. The Labute approximate surface area is 98.8 Å². The molecule has 3 unspecified atom stereocenters. The van der Waals surface area contributed by atoms with E-state index in [1.807, 2.05) is 0 Å². The van der Waals surface area contributed by atoms with Crippen LogP contribution in [0.4, 0.5) is 13.2 Å². The average molecular weight is 269 g/mol. The summed E-state index contributed by atoms with van der Waals surface area (Å²) in [4.78, 5) is 30.3. The van der Waals surface area contributed by atoms with Gasteiger partial charge in [-0.15, -0.1) is 0 Å². The molecule has 0 aromatic carbocycles. The third-order valence-corrected chi connectivity index (χ3v) is 2.86. The lowest BCUT2D eigenvalue weighted by atomic mass is 9.72. The zero-order chi connectivity index (χ0) is 14.1. The molecule has 2 aliphatic rings. The molecule has 0 bridgehead atoms. The number of alkyl halides is 3. The van der Waals surface area contributed by atoms with Gasteiger partial charge in [0.2, 0.25) is 0 Å². The Morgan fingerprint density at radius 3 is 2.06 bits per heavy atom. The summed E-state index contributed by atoms with van der Waals surface area (Å²) in [5.74, 6) is -3.31. The highest BCUT2D eigenvalue weighted by Gasteiger charge is 2.51. The van der Waals surface area contributed by atoms with Crippen LogP contribution in [0.2, 0.25) is 0 Å². The van der Waals surface area contributed by atoms with E-state index in [-0.39, 0.29) is 17.6 Å². The lowest BCUT2D eigenvalue weighted by Crippen LogP contribution is -2.43. The van der Waals surface area contributed by atoms with Crippen molar-refractivity contribution < 1.29 is 37.8 Å². The Morgan fingerprint density at radius 2 is 1.78 bits per heavy atom. The van der Waals surface area contributed by atoms with Gasteiger partial charge in [0.05, 0.1) is 0 Å². The SMILES string of the molecule is O=C(O)C(F)(F)F.O=C1CC2C1CNC2C(=O)O. The fourth-order valence-electron chi connectivity index (χ4n) is 1.90. The highest BCUT2D eigenvalue weighted by atomic mass is 19.4. The van der Waals surface area contributed by atoms with E-state index in [0.29, 0.717) is 13.0 Å². The molecule has 9 heteroatoms. The van der Waals surface area contributed by atoms with Crippen molar-refractivity contribution >= 4 is 17.7 Å². The van der Waals surface area contributed by atoms with Crippen LogP contribution in [-0.4, -0.2) is 46.7 Å². The van der Waals surface area contributed by atoms with E-state index >= 15 is 0 Å². The fourth-order valence-corrected chi connectivity index (χ4v) is 1.90. The van der Waals surface area contributed by atoms with Crippen LogP contribution in [0.1, 0.15) is 6.42 Å². The van der Waals surface area contributed by atoms with Crippen LogP contribution in [0, 0.1) is 11.8 Å². The Balaban J connectivity index is 0.000000203. The van der Waals surface area contributed by atoms with E-state index in [0.717, 1.165) is 0 Å². The van der Waals surface area contributed by atoms with Crippen LogP contribution < -0.4 is 5.32 Å². The molecule has 0 radical (unpaired) electrons. The Hall–Kier alpha value is -1.64. The summed E-state index contributed by atoms with van der Waals surface area (Å²) in [6, 6.07) is -0.474. The van der Waals surface area contributed by atoms with Crippen LogP contribution in [-0.2, 0) is 14.4 Å². The second-order valence-electron chi connectivity index (χ2n) is 3.97. The molecule has 1 saturated heterocycles. The quantitative estimate of drug-likeness (QED) is 0.613. The molecule has 6 nitrogen and oxygen atoms in total. The smallest absolute Gasteiger partial charge is 0.480 e. The second-order valence-corrected chi connectivity index (χ2v) is 3.97. The predicted octanol–water partition coefficient (Wildman–Crippen LogP) is -0.119. The van der Waals surface area contributed by atoms with E-state index in [4.69, 9.17) is 15.0 Å². The zero-order valence-electron chi connectivity index (χ0n) is 8.90. The van der Waals surface area contributed by atoms with Gasteiger partial charge in [-0.1, -0.05) is 0 Å². The minimum atomic E-state index is -5.08. The summed E-state index contributed by atoms with van der Waals surface area (Å²) in [5.41, 5.74) is 0. The number of fused-ring (bicyclic) bond motifs is 1. The maximum absolute atomic E-state index is 10.8. The third kappa shape index (κ3) is 2.97. The standard InChI is InChI=1S/C7H9NO3.C2HF3O2/c9-5-1-3-4(5)2-8-6(3)7(10)11;3-2(4,5)1(6)7/h3-4,6,8H,1-2H2,(H,10,11);(H,6,7). The zero-order valence-corrected chi connectivity index (χ0v) is 8.90. The number of aliphatic carboxylic acids is 2. The van der Waals surface area contributed by atoms with E-state index in [1.165, 1.54) is 0 Å². The van der Waals surface area contributed by atoms with Crippen molar-refractivity contribution in [3.63, 3.8) is 0 Å². The van der Waals surface area contributed by atoms with Gasteiger partial charge in [0.25, 0.3) is 0 Å². The van der Waals surface area contributed by atoms with Crippen molar-refractivity contribution in [1.82, 2.24) is 5.32 Å². The minimum Gasteiger partial charge on any atom is -0.480 e. The summed E-state index contributed by atoms with van der Waals surface area (Å²) in [5, 5.41) is 18.6. The number of Topliss-reactive ketones (excluding diaryl/α,β-unsaturated/α-hetero) is 1. The number of nitrogens with one attached hydrogen (secondary N) is 1. The van der Waals surface area contributed by atoms with E-state index < -0.39 is 24.2 Å². The van der Waals surface area contributed by atoms with Gasteiger partial charge >= 0.3 is 18.1 Å². The highest BCUT2D eigenvalue weighted by Crippen LogP contribution is 2.37.